The molecule has 1 aliphatic heterocycles. The standard InChI is InChI=1S/C12H18N2O3/c1-2-11-10(3-5-17-11)12(15)14-4-6-16-8-9(14)7-13/h3,5,9H,2,4,6-8,13H2,1H3. The summed E-state index contributed by atoms with van der Waals surface area (Å²) >= 11 is 0. The number of amides is 1. The van der Waals surface area contributed by atoms with Gasteiger partial charge in [-0.05, 0) is 6.07 Å². The molecule has 1 amide bonds. The average molecular weight is 238 g/mol. The van der Waals surface area contributed by atoms with Crippen molar-refractivity contribution < 1.29 is 13.9 Å². The monoisotopic (exact) mass is 238 g/mol. The molecule has 0 aliphatic carbocycles. The first kappa shape index (κ1) is 12.1. The van der Waals surface area contributed by atoms with Crippen LogP contribution in [0.3, 0.4) is 0 Å². The minimum atomic E-state index is -0.0316. The highest BCUT2D eigenvalue weighted by molar-refractivity contribution is 5.95. The van der Waals surface area contributed by atoms with Crippen molar-refractivity contribution in [3.63, 3.8) is 0 Å². The van der Waals surface area contributed by atoms with Crippen LogP contribution in [-0.2, 0) is 11.2 Å². The van der Waals surface area contributed by atoms with Gasteiger partial charge in [-0.1, -0.05) is 6.92 Å². The highest BCUT2D eigenvalue weighted by atomic mass is 16.5. The van der Waals surface area contributed by atoms with Crippen LogP contribution in [0.5, 0.6) is 0 Å². The lowest BCUT2D eigenvalue weighted by Crippen LogP contribution is -2.52. The van der Waals surface area contributed by atoms with Crippen LogP contribution in [0.2, 0.25) is 0 Å². The van der Waals surface area contributed by atoms with Crippen molar-refractivity contribution in [3.8, 4) is 0 Å². The van der Waals surface area contributed by atoms with Gasteiger partial charge < -0.3 is 19.8 Å². The fourth-order valence-electron chi connectivity index (χ4n) is 2.08. The minimum absolute atomic E-state index is 0.00523. The maximum Gasteiger partial charge on any atom is 0.257 e. The lowest BCUT2D eigenvalue weighted by atomic mass is 10.1. The summed E-state index contributed by atoms with van der Waals surface area (Å²) in [6, 6.07) is 1.69. The summed E-state index contributed by atoms with van der Waals surface area (Å²) in [6.45, 7) is 4.07. The van der Waals surface area contributed by atoms with Crippen molar-refractivity contribution in [2.45, 2.75) is 19.4 Å². The Hall–Kier alpha value is -1.33. The van der Waals surface area contributed by atoms with Gasteiger partial charge in [0.15, 0.2) is 0 Å². The van der Waals surface area contributed by atoms with E-state index in [4.69, 9.17) is 14.9 Å². The van der Waals surface area contributed by atoms with Crippen molar-refractivity contribution >= 4 is 5.91 Å². The fraction of sp³-hybridized carbons (Fsp3) is 0.583. The Kier molecular flexibility index (Phi) is 3.81. The van der Waals surface area contributed by atoms with Crippen LogP contribution in [0.1, 0.15) is 23.0 Å². The number of ether oxygens (including phenoxy) is 1. The number of morpholine rings is 1. The molecule has 0 spiro atoms. The third-order valence-electron chi connectivity index (χ3n) is 3.06. The van der Waals surface area contributed by atoms with Crippen LogP contribution in [0.4, 0.5) is 0 Å². The Morgan fingerprint density at radius 1 is 1.65 bits per heavy atom. The molecule has 0 radical (unpaired) electrons. The predicted octanol–water partition coefficient (Wildman–Crippen LogP) is 0.642. The molecular formula is C12H18N2O3. The molecule has 2 heterocycles. The van der Waals surface area contributed by atoms with Crippen LogP contribution in [-0.4, -0.2) is 43.2 Å². The normalized spacial score (nSPS) is 20.6. The van der Waals surface area contributed by atoms with Gasteiger partial charge in [0.2, 0.25) is 0 Å². The van der Waals surface area contributed by atoms with Gasteiger partial charge in [-0.15, -0.1) is 0 Å². The van der Waals surface area contributed by atoms with E-state index >= 15 is 0 Å². The van der Waals surface area contributed by atoms with E-state index in [1.54, 1.807) is 17.2 Å². The molecule has 2 rings (SSSR count). The predicted molar refractivity (Wildman–Crippen MR) is 62.8 cm³/mol. The zero-order valence-corrected chi connectivity index (χ0v) is 10.0. The fourth-order valence-corrected chi connectivity index (χ4v) is 2.08. The van der Waals surface area contributed by atoms with Gasteiger partial charge in [0, 0.05) is 19.5 Å². The zero-order chi connectivity index (χ0) is 12.3. The lowest BCUT2D eigenvalue weighted by molar-refractivity contribution is 0.000728. The number of rotatable bonds is 3. The number of aryl methyl sites for hydroxylation is 1. The molecule has 0 saturated carbocycles. The topological polar surface area (TPSA) is 68.7 Å². The lowest BCUT2D eigenvalue weighted by Gasteiger charge is -2.34. The number of furan rings is 1. The van der Waals surface area contributed by atoms with Crippen molar-refractivity contribution in [1.29, 1.82) is 0 Å². The molecule has 1 aromatic rings. The largest absolute Gasteiger partial charge is 0.469 e. The Bertz CT molecular complexity index is 389. The van der Waals surface area contributed by atoms with Crippen molar-refractivity contribution in [1.82, 2.24) is 4.90 Å². The average Bonchev–Trinajstić information content (AvgIpc) is 2.86. The van der Waals surface area contributed by atoms with E-state index in [9.17, 15) is 4.79 Å². The third kappa shape index (κ3) is 2.35. The summed E-state index contributed by atoms with van der Waals surface area (Å²) in [6.07, 6.45) is 2.27. The molecule has 1 aromatic heterocycles. The number of carbonyl (C=O) groups excluding carboxylic acids is 1. The van der Waals surface area contributed by atoms with E-state index in [-0.39, 0.29) is 11.9 Å². The summed E-state index contributed by atoms with van der Waals surface area (Å²) in [5.74, 6) is 0.728. The van der Waals surface area contributed by atoms with Crippen LogP contribution in [0.15, 0.2) is 16.7 Å². The van der Waals surface area contributed by atoms with Crippen molar-refractivity contribution in [3.05, 3.63) is 23.7 Å². The molecule has 17 heavy (non-hydrogen) atoms. The van der Waals surface area contributed by atoms with Crippen LogP contribution < -0.4 is 5.73 Å². The Balaban J connectivity index is 2.18. The molecule has 2 N–H and O–H groups in total. The maximum atomic E-state index is 12.4. The number of nitrogens with two attached hydrogens (primary N) is 1. The maximum absolute atomic E-state index is 12.4. The van der Waals surface area contributed by atoms with Crippen LogP contribution >= 0.6 is 0 Å². The van der Waals surface area contributed by atoms with E-state index < -0.39 is 0 Å². The van der Waals surface area contributed by atoms with Gasteiger partial charge in [0.05, 0.1) is 31.1 Å². The molecular weight excluding hydrogens is 220 g/mol. The van der Waals surface area contributed by atoms with Crippen LogP contribution in [0.25, 0.3) is 0 Å². The second-order valence-corrected chi connectivity index (χ2v) is 4.07. The van der Waals surface area contributed by atoms with Gasteiger partial charge in [-0.3, -0.25) is 4.79 Å². The van der Waals surface area contributed by atoms with Crippen LogP contribution in [0, 0.1) is 0 Å². The van der Waals surface area contributed by atoms with E-state index in [1.807, 2.05) is 6.92 Å². The van der Waals surface area contributed by atoms with Gasteiger partial charge in [-0.2, -0.15) is 0 Å². The molecule has 0 bridgehead atoms. The molecule has 94 valence electrons. The first-order valence-corrected chi connectivity index (χ1v) is 5.93. The van der Waals surface area contributed by atoms with Crippen molar-refractivity contribution in [2.24, 2.45) is 5.73 Å². The Morgan fingerprint density at radius 3 is 3.18 bits per heavy atom. The summed E-state index contributed by atoms with van der Waals surface area (Å²) in [4.78, 5) is 14.1. The Morgan fingerprint density at radius 2 is 2.47 bits per heavy atom. The smallest absolute Gasteiger partial charge is 0.257 e. The van der Waals surface area contributed by atoms with Gasteiger partial charge in [-0.25, -0.2) is 0 Å². The number of hydrogen-bond acceptors (Lipinski definition) is 4. The van der Waals surface area contributed by atoms with E-state index in [0.717, 1.165) is 5.76 Å². The second kappa shape index (κ2) is 5.33. The molecule has 1 aliphatic rings. The SMILES string of the molecule is CCc1occc1C(=O)N1CCOCC1CN. The highest BCUT2D eigenvalue weighted by Crippen LogP contribution is 2.17. The third-order valence-corrected chi connectivity index (χ3v) is 3.06. The minimum Gasteiger partial charge on any atom is -0.469 e. The summed E-state index contributed by atoms with van der Waals surface area (Å²) in [5.41, 5.74) is 6.30. The van der Waals surface area contributed by atoms with Gasteiger partial charge in [0.25, 0.3) is 5.91 Å². The van der Waals surface area contributed by atoms with Gasteiger partial charge in [0.1, 0.15) is 5.76 Å². The molecule has 0 aromatic carbocycles. The molecule has 5 nitrogen and oxygen atoms in total. The summed E-state index contributed by atoms with van der Waals surface area (Å²) < 4.78 is 10.6. The van der Waals surface area contributed by atoms with Gasteiger partial charge >= 0.3 is 0 Å². The van der Waals surface area contributed by atoms with E-state index in [1.165, 1.54) is 0 Å². The highest BCUT2D eigenvalue weighted by Gasteiger charge is 2.28. The van der Waals surface area contributed by atoms with E-state index in [2.05, 4.69) is 0 Å². The number of carbonyl (C=O) groups is 1. The molecule has 5 heteroatoms. The first-order valence-electron chi connectivity index (χ1n) is 5.93. The van der Waals surface area contributed by atoms with Crippen molar-refractivity contribution in [2.75, 3.05) is 26.3 Å². The zero-order valence-electron chi connectivity index (χ0n) is 10.0. The Labute approximate surface area is 101 Å². The number of nitrogens with zero attached hydrogens (tertiary/aromatic N) is 1. The molecule has 1 unspecified atom stereocenters. The summed E-state index contributed by atoms with van der Waals surface area (Å²) in [5, 5.41) is 0. The second-order valence-electron chi connectivity index (χ2n) is 4.07. The van der Waals surface area contributed by atoms with E-state index in [0.29, 0.717) is 38.3 Å². The quantitative estimate of drug-likeness (QED) is 0.839. The molecule has 1 atom stereocenters. The molecule has 1 fully saturated rings. The summed E-state index contributed by atoms with van der Waals surface area (Å²) in [7, 11) is 0. The molecule has 1 saturated heterocycles. The number of hydrogen-bond donors (Lipinski definition) is 1. The first-order chi connectivity index (χ1) is 8.27.